The highest BCUT2D eigenvalue weighted by atomic mass is 16.5. The number of carbonyl (C=O) groups excluding carboxylic acids is 2. The number of fused-ring (bicyclic) bond motifs is 1. The SMILES string of the molecule is COc1cccc(NC(=O)COc2ccc(C(=O)Nc3ccc4oc(C5CC5)nc4c3)cc2)c1. The molecule has 1 aliphatic rings. The van der Waals surface area contributed by atoms with Crippen LogP contribution in [0.25, 0.3) is 11.1 Å². The first-order valence-corrected chi connectivity index (χ1v) is 11.0. The molecule has 0 aliphatic heterocycles. The zero-order chi connectivity index (χ0) is 23.5. The van der Waals surface area contributed by atoms with Gasteiger partial charge in [0.25, 0.3) is 11.8 Å². The number of nitrogens with zero attached hydrogens (tertiary/aromatic N) is 1. The highest BCUT2D eigenvalue weighted by Gasteiger charge is 2.28. The predicted molar refractivity (Wildman–Crippen MR) is 127 cm³/mol. The van der Waals surface area contributed by atoms with E-state index >= 15 is 0 Å². The zero-order valence-corrected chi connectivity index (χ0v) is 18.5. The summed E-state index contributed by atoms with van der Waals surface area (Å²) >= 11 is 0. The standard InChI is InChI=1S/C26H23N3O5/c1-32-21-4-2-3-18(13-21)27-24(30)15-33-20-10-7-16(8-11-20)25(31)28-19-9-12-23-22(14-19)29-26(34-23)17-5-6-17/h2-4,7-14,17H,5-6,15H2,1H3,(H,27,30)(H,28,31). The molecule has 0 atom stereocenters. The minimum Gasteiger partial charge on any atom is -0.497 e. The number of benzene rings is 3. The molecule has 0 saturated heterocycles. The fourth-order valence-electron chi connectivity index (χ4n) is 3.48. The van der Waals surface area contributed by atoms with Crippen molar-refractivity contribution in [2.45, 2.75) is 18.8 Å². The van der Waals surface area contributed by atoms with E-state index in [2.05, 4.69) is 15.6 Å². The third kappa shape index (κ3) is 5.01. The van der Waals surface area contributed by atoms with Crippen LogP contribution in [0.15, 0.2) is 71.1 Å². The van der Waals surface area contributed by atoms with E-state index in [0.717, 1.165) is 29.8 Å². The maximum Gasteiger partial charge on any atom is 0.262 e. The fourth-order valence-corrected chi connectivity index (χ4v) is 3.48. The molecule has 1 aliphatic carbocycles. The Labute approximate surface area is 195 Å². The lowest BCUT2D eigenvalue weighted by Gasteiger charge is -2.09. The Bertz CT molecular complexity index is 1340. The van der Waals surface area contributed by atoms with E-state index in [1.165, 1.54) is 0 Å². The Morgan fingerprint density at radius 2 is 1.76 bits per heavy atom. The minimum atomic E-state index is -0.303. The highest BCUT2D eigenvalue weighted by molar-refractivity contribution is 6.05. The Morgan fingerprint density at radius 1 is 0.971 bits per heavy atom. The summed E-state index contributed by atoms with van der Waals surface area (Å²) < 4.78 is 16.4. The summed E-state index contributed by atoms with van der Waals surface area (Å²) in [6, 6.07) is 19.1. The van der Waals surface area contributed by atoms with E-state index in [1.807, 2.05) is 6.07 Å². The van der Waals surface area contributed by atoms with Crippen LogP contribution in [0.4, 0.5) is 11.4 Å². The second kappa shape index (κ2) is 9.27. The largest absolute Gasteiger partial charge is 0.497 e. The van der Waals surface area contributed by atoms with Crippen molar-refractivity contribution in [1.29, 1.82) is 0 Å². The van der Waals surface area contributed by atoms with E-state index in [1.54, 1.807) is 67.8 Å². The molecule has 2 amide bonds. The zero-order valence-electron chi connectivity index (χ0n) is 18.5. The first-order chi connectivity index (χ1) is 16.6. The molecule has 0 bridgehead atoms. The third-order valence-electron chi connectivity index (χ3n) is 5.43. The van der Waals surface area contributed by atoms with Crippen molar-refractivity contribution in [2.75, 3.05) is 24.4 Å². The number of ether oxygens (including phenoxy) is 2. The van der Waals surface area contributed by atoms with Crippen molar-refractivity contribution in [3.8, 4) is 11.5 Å². The number of hydrogen-bond acceptors (Lipinski definition) is 6. The number of anilines is 2. The summed E-state index contributed by atoms with van der Waals surface area (Å²) in [6.45, 7) is -0.163. The first kappa shape index (κ1) is 21.5. The lowest BCUT2D eigenvalue weighted by atomic mass is 10.2. The topological polar surface area (TPSA) is 103 Å². The molecule has 8 nitrogen and oxygen atoms in total. The molecular weight excluding hydrogens is 434 g/mol. The van der Waals surface area contributed by atoms with Gasteiger partial charge in [-0.2, -0.15) is 0 Å². The number of methoxy groups -OCH3 is 1. The van der Waals surface area contributed by atoms with Crippen LogP contribution in [-0.2, 0) is 4.79 Å². The molecular formula is C26H23N3O5. The summed E-state index contributed by atoms with van der Waals surface area (Å²) in [4.78, 5) is 29.3. The molecule has 8 heteroatoms. The van der Waals surface area contributed by atoms with Gasteiger partial charge in [0.05, 0.1) is 7.11 Å². The maximum absolute atomic E-state index is 12.6. The van der Waals surface area contributed by atoms with Gasteiger partial charge in [0.15, 0.2) is 18.1 Å². The first-order valence-electron chi connectivity index (χ1n) is 11.0. The molecule has 1 saturated carbocycles. The molecule has 34 heavy (non-hydrogen) atoms. The van der Waals surface area contributed by atoms with E-state index in [-0.39, 0.29) is 18.4 Å². The number of aromatic nitrogens is 1. The molecule has 172 valence electrons. The third-order valence-corrected chi connectivity index (χ3v) is 5.43. The lowest BCUT2D eigenvalue weighted by Crippen LogP contribution is -2.20. The predicted octanol–water partition coefficient (Wildman–Crippen LogP) is 4.98. The molecule has 0 spiro atoms. The van der Waals surface area contributed by atoms with Crippen LogP contribution in [-0.4, -0.2) is 30.5 Å². The van der Waals surface area contributed by atoms with E-state index in [4.69, 9.17) is 13.9 Å². The highest BCUT2D eigenvalue weighted by Crippen LogP contribution is 2.40. The van der Waals surface area contributed by atoms with Crippen molar-refractivity contribution < 1.29 is 23.5 Å². The van der Waals surface area contributed by atoms with E-state index < -0.39 is 0 Å². The Morgan fingerprint density at radius 3 is 2.53 bits per heavy atom. The van der Waals surface area contributed by atoms with Crippen molar-refractivity contribution in [2.24, 2.45) is 0 Å². The quantitative estimate of drug-likeness (QED) is 0.387. The molecule has 2 N–H and O–H groups in total. The average Bonchev–Trinajstić information content (AvgIpc) is 3.62. The maximum atomic E-state index is 12.6. The average molecular weight is 457 g/mol. The minimum absolute atomic E-state index is 0.163. The van der Waals surface area contributed by atoms with Crippen LogP contribution in [0.5, 0.6) is 11.5 Å². The van der Waals surface area contributed by atoms with Crippen molar-refractivity contribution in [3.63, 3.8) is 0 Å². The van der Waals surface area contributed by atoms with Gasteiger partial charge in [-0.3, -0.25) is 9.59 Å². The van der Waals surface area contributed by atoms with Crippen molar-refractivity contribution in [1.82, 2.24) is 4.98 Å². The van der Waals surface area contributed by atoms with Gasteiger partial charge in [-0.1, -0.05) is 6.07 Å². The van der Waals surface area contributed by atoms with Gasteiger partial charge in [0.2, 0.25) is 0 Å². The van der Waals surface area contributed by atoms with E-state index in [9.17, 15) is 9.59 Å². The number of rotatable bonds is 8. The second-order valence-corrected chi connectivity index (χ2v) is 8.06. The lowest BCUT2D eigenvalue weighted by molar-refractivity contribution is -0.118. The van der Waals surface area contributed by atoms with Crippen LogP contribution >= 0.6 is 0 Å². The fraction of sp³-hybridized carbons (Fsp3) is 0.192. The summed E-state index contributed by atoms with van der Waals surface area (Å²) in [7, 11) is 1.56. The number of hydrogen-bond donors (Lipinski definition) is 2. The van der Waals surface area contributed by atoms with Gasteiger partial charge in [-0.15, -0.1) is 0 Å². The van der Waals surface area contributed by atoms with Crippen LogP contribution in [0, 0.1) is 0 Å². The Hall–Kier alpha value is -4.33. The van der Waals surface area contributed by atoms with Crippen LogP contribution in [0.1, 0.15) is 35.0 Å². The Kier molecular flexibility index (Phi) is 5.86. The molecule has 4 aromatic rings. The van der Waals surface area contributed by atoms with E-state index in [0.29, 0.717) is 34.4 Å². The van der Waals surface area contributed by atoms with Gasteiger partial charge < -0.3 is 24.5 Å². The number of amides is 2. The van der Waals surface area contributed by atoms with Gasteiger partial charge in [0.1, 0.15) is 17.0 Å². The van der Waals surface area contributed by atoms with Crippen molar-refractivity contribution in [3.05, 3.63) is 78.2 Å². The smallest absolute Gasteiger partial charge is 0.262 e. The van der Waals surface area contributed by atoms with Gasteiger partial charge in [0, 0.05) is 28.9 Å². The molecule has 1 heterocycles. The summed E-state index contributed by atoms with van der Waals surface area (Å²) in [5.41, 5.74) is 3.18. The Balaban J connectivity index is 1.15. The van der Waals surface area contributed by atoms with Gasteiger partial charge in [-0.25, -0.2) is 4.98 Å². The second-order valence-electron chi connectivity index (χ2n) is 8.06. The van der Waals surface area contributed by atoms with Crippen LogP contribution in [0.3, 0.4) is 0 Å². The molecule has 3 aromatic carbocycles. The summed E-state index contributed by atoms with van der Waals surface area (Å²) in [5, 5.41) is 5.62. The molecule has 5 rings (SSSR count). The number of nitrogens with one attached hydrogen (secondary N) is 2. The molecule has 1 fully saturated rings. The summed E-state index contributed by atoms with van der Waals surface area (Å²) in [6.07, 6.45) is 2.23. The van der Waals surface area contributed by atoms with Gasteiger partial charge >= 0.3 is 0 Å². The number of carbonyl (C=O) groups is 2. The molecule has 0 radical (unpaired) electrons. The van der Waals surface area contributed by atoms with Crippen LogP contribution < -0.4 is 20.1 Å². The normalized spacial score (nSPS) is 12.9. The van der Waals surface area contributed by atoms with Gasteiger partial charge in [-0.05, 0) is 67.4 Å². The summed E-state index contributed by atoms with van der Waals surface area (Å²) in [5.74, 6) is 1.77. The monoisotopic (exact) mass is 457 g/mol. The van der Waals surface area contributed by atoms with Crippen molar-refractivity contribution >= 4 is 34.3 Å². The molecule has 0 unspecified atom stereocenters. The molecule has 1 aromatic heterocycles. The van der Waals surface area contributed by atoms with Crippen LogP contribution in [0.2, 0.25) is 0 Å². The number of oxazole rings is 1.